The monoisotopic (exact) mass is 475 g/mol. The fraction of sp³-hybridized carbons (Fsp3) is 0.222. The second kappa shape index (κ2) is 8.81. The first-order valence-corrected chi connectivity index (χ1v) is 9.02. The van der Waals surface area contributed by atoms with Crippen LogP contribution in [0.3, 0.4) is 0 Å². The Kier molecular flexibility index (Phi) is 6.98. The average Bonchev–Trinajstić information content (AvgIpc) is 2.69. The van der Waals surface area contributed by atoms with Crippen LogP contribution in [0.1, 0.15) is 24.2 Å². The molecule has 2 aromatic rings. The van der Waals surface area contributed by atoms with E-state index in [1.165, 1.54) is 5.32 Å². The van der Waals surface area contributed by atoms with E-state index in [9.17, 15) is 49.1 Å². The summed E-state index contributed by atoms with van der Waals surface area (Å²) < 4.78 is 121. The van der Waals surface area contributed by atoms with Crippen molar-refractivity contribution in [2.24, 2.45) is 5.41 Å². The number of hydrogen-bond acceptors (Lipinski definition) is 3. The second-order valence-corrected chi connectivity index (χ2v) is 7.68. The minimum absolute atomic E-state index is 0.0324. The third-order valence-electron chi connectivity index (χ3n) is 3.93. The summed E-state index contributed by atoms with van der Waals surface area (Å²) in [5.41, 5.74) is -3.69. The number of halogens is 9. The van der Waals surface area contributed by atoms with Gasteiger partial charge in [-0.2, -0.15) is 0 Å². The molecule has 0 unspecified atom stereocenters. The van der Waals surface area contributed by atoms with Crippen molar-refractivity contribution in [1.82, 2.24) is 5.32 Å². The van der Waals surface area contributed by atoms with Gasteiger partial charge in [0.25, 0.3) is 5.91 Å². The normalized spacial score (nSPS) is 11.6. The van der Waals surface area contributed by atoms with E-state index in [2.05, 4.69) is 0 Å². The molecule has 2 amide bonds. The Labute approximate surface area is 172 Å². The third-order valence-corrected chi connectivity index (χ3v) is 5.44. The first kappa shape index (κ1) is 24.6. The van der Waals surface area contributed by atoms with Crippen LogP contribution in [0.5, 0.6) is 0 Å². The maximum absolute atomic E-state index is 13.7. The molecular formula is C18H10F9NO2S. The molecule has 0 saturated heterocycles. The molecule has 0 fully saturated rings. The quantitative estimate of drug-likeness (QED) is 0.286. The van der Waals surface area contributed by atoms with Gasteiger partial charge in [0.05, 0.1) is 10.3 Å². The molecule has 0 bridgehead atoms. The van der Waals surface area contributed by atoms with Gasteiger partial charge in [-0.1, -0.05) is 13.8 Å². The molecule has 31 heavy (non-hydrogen) atoms. The number of nitrogens with one attached hydrogen (secondary N) is 1. The molecule has 0 aromatic heterocycles. The van der Waals surface area contributed by atoms with Crippen molar-refractivity contribution in [3.63, 3.8) is 0 Å². The molecule has 2 aromatic carbocycles. The lowest BCUT2D eigenvalue weighted by molar-refractivity contribution is -0.127. The number of carbonyl (C=O) groups is 2. The van der Waals surface area contributed by atoms with Crippen molar-refractivity contribution >= 4 is 23.6 Å². The SMILES string of the molecule is CC(C)(CSc1c(F)c(F)cc(F)c1F)C(=O)NC(=O)c1c(F)c(F)c(F)c(F)c1F. The number of amides is 2. The molecule has 13 heteroatoms. The summed E-state index contributed by atoms with van der Waals surface area (Å²) >= 11 is 0.153. The van der Waals surface area contributed by atoms with Crippen LogP contribution in [-0.4, -0.2) is 17.6 Å². The van der Waals surface area contributed by atoms with Crippen LogP contribution in [0.15, 0.2) is 11.0 Å². The number of imide groups is 1. The zero-order valence-electron chi connectivity index (χ0n) is 15.4. The van der Waals surface area contributed by atoms with Crippen LogP contribution in [0, 0.1) is 57.8 Å². The van der Waals surface area contributed by atoms with Crippen LogP contribution >= 0.6 is 11.8 Å². The van der Waals surface area contributed by atoms with Crippen LogP contribution < -0.4 is 5.32 Å². The summed E-state index contributed by atoms with van der Waals surface area (Å²) in [4.78, 5) is 23.1. The Hall–Kier alpha value is -2.70. The molecule has 0 spiro atoms. The number of rotatable bonds is 5. The molecule has 0 radical (unpaired) electrons. The van der Waals surface area contributed by atoms with Gasteiger partial charge >= 0.3 is 0 Å². The van der Waals surface area contributed by atoms with Gasteiger partial charge in [0, 0.05) is 11.8 Å². The molecule has 2 rings (SSSR count). The van der Waals surface area contributed by atoms with Gasteiger partial charge in [-0.25, -0.2) is 39.5 Å². The van der Waals surface area contributed by atoms with Crippen molar-refractivity contribution in [3.8, 4) is 0 Å². The Morgan fingerprint density at radius 2 is 1.19 bits per heavy atom. The topological polar surface area (TPSA) is 46.2 Å². The molecular weight excluding hydrogens is 465 g/mol. The Balaban J connectivity index is 2.24. The average molecular weight is 475 g/mol. The van der Waals surface area contributed by atoms with E-state index in [1.54, 1.807) is 0 Å². The van der Waals surface area contributed by atoms with Crippen molar-refractivity contribution in [3.05, 3.63) is 64.0 Å². The highest BCUT2D eigenvalue weighted by Gasteiger charge is 2.35. The molecule has 168 valence electrons. The Morgan fingerprint density at radius 3 is 1.65 bits per heavy atom. The van der Waals surface area contributed by atoms with E-state index < -0.39 is 85.8 Å². The van der Waals surface area contributed by atoms with Gasteiger partial charge < -0.3 is 0 Å². The second-order valence-electron chi connectivity index (χ2n) is 6.70. The van der Waals surface area contributed by atoms with Crippen molar-refractivity contribution in [2.75, 3.05) is 5.75 Å². The third kappa shape index (κ3) is 4.65. The smallest absolute Gasteiger partial charge is 0.264 e. The maximum atomic E-state index is 13.7. The summed E-state index contributed by atoms with van der Waals surface area (Å²) in [7, 11) is 0. The van der Waals surface area contributed by atoms with Gasteiger partial charge in [-0.05, 0) is 0 Å². The Morgan fingerprint density at radius 1 is 0.774 bits per heavy atom. The number of hydrogen-bond donors (Lipinski definition) is 1. The van der Waals surface area contributed by atoms with Gasteiger partial charge in [0.15, 0.2) is 46.5 Å². The van der Waals surface area contributed by atoms with E-state index in [1.807, 2.05) is 0 Å². The minimum Gasteiger partial charge on any atom is -0.292 e. The van der Waals surface area contributed by atoms with E-state index in [0.29, 0.717) is 0 Å². The number of carbonyl (C=O) groups excluding carboxylic acids is 2. The van der Waals surface area contributed by atoms with Crippen LogP contribution in [0.2, 0.25) is 0 Å². The summed E-state index contributed by atoms with van der Waals surface area (Å²) in [5, 5.41) is 1.42. The molecule has 0 atom stereocenters. The summed E-state index contributed by atoms with van der Waals surface area (Å²) in [5.74, 6) is -23.1. The largest absolute Gasteiger partial charge is 0.292 e. The van der Waals surface area contributed by atoms with Crippen molar-refractivity contribution < 1.29 is 49.1 Å². The highest BCUT2D eigenvalue weighted by atomic mass is 32.2. The molecule has 0 aliphatic rings. The van der Waals surface area contributed by atoms with Gasteiger partial charge in [-0.3, -0.25) is 14.9 Å². The predicted molar refractivity (Wildman–Crippen MR) is 89.5 cm³/mol. The van der Waals surface area contributed by atoms with E-state index in [0.717, 1.165) is 13.8 Å². The first-order valence-electron chi connectivity index (χ1n) is 8.03. The zero-order valence-corrected chi connectivity index (χ0v) is 16.2. The molecule has 0 aliphatic heterocycles. The van der Waals surface area contributed by atoms with Crippen LogP contribution in [0.4, 0.5) is 39.5 Å². The van der Waals surface area contributed by atoms with Gasteiger partial charge in [0.1, 0.15) is 5.56 Å². The lowest BCUT2D eigenvalue weighted by atomic mass is 9.95. The number of benzene rings is 2. The lowest BCUT2D eigenvalue weighted by Gasteiger charge is -2.23. The summed E-state index contributed by atoms with van der Waals surface area (Å²) in [6.45, 7) is 2.15. The van der Waals surface area contributed by atoms with E-state index in [-0.39, 0.29) is 17.8 Å². The predicted octanol–water partition coefficient (Wildman–Crippen LogP) is 5.01. The molecule has 3 nitrogen and oxygen atoms in total. The van der Waals surface area contributed by atoms with Crippen molar-refractivity contribution in [2.45, 2.75) is 18.7 Å². The fourth-order valence-corrected chi connectivity index (χ4v) is 3.22. The zero-order chi connectivity index (χ0) is 23.8. The molecule has 0 saturated carbocycles. The number of thioether (sulfide) groups is 1. The van der Waals surface area contributed by atoms with Crippen LogP contribution in [0.25, 0.3) is 0 Å². The molecule has 0 aliphatic carbocycles. The van der Waals surface area contributed by atoms with E-state index in [4.69, 9.17) is 0 Å². The van der Waals surface area contributed by atoms with Crippen LogP contribution in [-0.2, 0) is 4.79 Å². The highest BCUT2D eigenvalue weighted by molar-refractivity contribution is 7.99. The summed E-state index contributed by atoms with van der Waals surface area (Å²) in [6, 6.07) is -0.0324. The van der Waals surface area contributed by atoms with E-state index >= 15 is 0 Å². The summed E-state index contributed by atoms with van der Waals surface area (Å²) in [6.07, 6.45) is 0. The highest BCUT2D eigenvalue weighted by Crippen LogP contribution is 2.33. The Bertz CT molecular complexity index is 1030. The molecule has 1 N–H and O–H groups in total. The standard InChI is InChI=1S/C18H10F9NO2S/c1-18(2,4-31-15-8(21)5(19)3-6(20)9(15)22)17(30)28-16(29)7-10(23)12(25)14(27)13(26)11(7)24/h3H,4H2,1-2H3,(H,28,29,30). The fourth-order valence-electron chi connectivity index (χ4n) is 2.14. The lowest BCUT2D eigenvalue weighted by Crippen LogP contribution is -2.42. The van der Waals surface area contributed by atoms with Gasteiger partial charge in [-0.15, -0.1) is 11.8 Å². The van der Waals surface area contributed by atoms with Crippen molar-refractivity contribution in [1.29, 1.82) is 0 Å². The molecule has 0 heterocycles. The first-order chi connectivity index (χ1) is 14.2. The maximum Gasteiger partial charge on any atom is 0.264 e. The van der Waals surface area contributed by atoms with Gasteiger partial charge in [0.2, 0.25) is 11.7 Å². The minimum atomic E-state index is -2.51.